The van der Waals surface area contributed by atoms with Crippen molar-refractivity contribution in [3.63, 3.8) is 0 Å². The predicted molar refractivity (Wildman–Crippen MR) is 56.4 cm³/mol. The zero-order valence-corrected chi connectivity index (χ0v) is 8.55. The van der Waals surface area contributed by atoms with E-state index < -0.39 is 0 Å². The van der Waals surface area contributed by atoms with E-state index in [-0.39, 0.29) is 0 Å². The van der Waals surface area contributed by atoms with Gasteiger partial charge in [0.15, 0.2) is 0 Å². The van der Waals surface area contributed by atoms with Gasteiger partial charge < -0.3 is 4.90 Å². The van der Waals surface area contributed by atoms with Gasteiger partial charge in [-0.05, 0) is 18.9 Å². The van der Waals surface area contributed by atoms with Crippen molar-refractivity contribution >= 4 is 0 Å². The zero-order valence-electron chi connectivity index (χ0n) is 8.55. The minimum atomic E-state index is 0.510. The molecule has 0 bridgehead atoms. The molecule has 1 aliphatic heterocycles. The van der Waals surface area contributed by atoms with E-state index in [1.807, 2.05) is 6.08 Å². The first-order valence-corrected chi connectivity index (χ1v) is 5.32. The van der Waals surface area contributed by atoms with Crippen molar-refractivity contribution in [1.82, 2.24) is 4.90 Å². The molecule has 0 aromatic heterocycles. The van der Waals surface area contributed by atoms with Crippen LogP contribution in [-0.2, 0) is 0 Å². The van der Waals surface area contributed by atoms with Gasteiger partial charge >= 0.3 is 0 Å². The molecular weight excluding hydrogens is 158 g/mol. The van der Waals surface area contributed by atoms with Gasteiger partial charge in [-0.1, -0.05) is 31.9 Å². The largest absolute Gasteiger partial charge is 0.374 e. The fourth-order valence-corrected chi connectivity index (χ4v) is 2.81. The number of allylic oxidation sites excluding steroid dienone is 1. The molecule has 0 N–H and O–H groups in total. The van der Waals surface area contributed by atoms with E-state index in [0.717, 1.165) is 0 Å². The number of nitrogens with zero attached hydrogens (tertiary/aromatic N) is 1. The summed E-state index contributed by atoms with van der Waals surface area (Å²) in [4.78, 5) is 2.35. The van der Waals surface area contributed by atoms with Crippen LogP contribution in [0.5, 0.6) is 0 Å². The fraction of sp³-hybridized carbons (Fsp3) is 0.667. The van der Waals surface area contributed by atoms with E-state index in [0.29, 0.717) is 5.41 Å². The molecule has 1 spiro atoms. The number of hydrogen-bond donors (Lipinski definition) is 0. The van der Waals surface area contributed by atoms with Crippen molar-refractivity contribution in [2.45, 2.75) is 32.1 Å². The van der Waals surface area contributed by atoms with Crippen molar-refractivity contribution in [2.24, 2.45) is 5.41 Å². The van der Waals surface area contributed by atoms with Crippen molar-refractivity contribution in [1.29, 1.82) is 0 Å². The first kappa shape index (κ1) is 8.86. The summed E-state index contributed by atoms with van der Waals surface area (Å²) in [6.07, 6.45) is 11.5. The standard InChI is InChI=1S/C12H19N/c1-3-11-9-12(10-13(11)2)7-5-4-6-8-12/h3,9H,1,4-8,10H2,2H3. The highest BCUT2D eigenvalue weighted by Crippen LogP contribution is 2.43. The number of hydrogen-bond acceptors (Lipinski definition) is 1. The lowest BCUT2D eigenvalue weighted by Crippen LogP contribution is -2.28. The maximum absolute atomic E-state index is 3.86. The zero-order chi connectivity index (χ0) is 9.31. The summed E-state index contributed by atoms with van der Waals surface area (Å²) in [5.41, 5.74) is 1.85. The Morgan fingerprint density at radius 1 is 1.38 bits per heavy atom. The lowest BCUT2D eigenvalue weighted by Gasteiger charge is -2.32. The second-order valence-corrected chi connectivity index (χ2v) is 4.55. The van der Waals surface area contributed by atoms with Gasteiger partial charge in [0.1, 0.15) is 0 Å². The minimum Gasteiger partial charge on any atom is -0.374 e. The van der Waals surface area contributed by atoms with E-state index >= 15 is 0 Å². The third-order valence-corrected chi connectivity index (χ3v) is 3.51. The number of rotatable bonds is 1. The minimum absolute atomic E-state index is 0.510. The van der Waals surface area contributed by atoms with Crippen molar-refractivity contribution < 1.29 is 0 Å². The number of likely N-dealkylation sites (N-methyl/N-ethyl adjacent to an activating group) is 1. The Balaban J connectivity index is 2.17. The van der Waals surface area contributed by atoms with Gasteiger partial charge in [-0.15, -0.1) is 0 Å². The average molecular weight is 177 g/mol. The molecule has 0 unspecified atom stereocenters. The van der Waals surface area contributed by atoms with Gasteiger partial charge in [-0.3, -0.25) is 0 Å². The van der Waals surface area contributed by atoms with E-state index in [1.165, 1.54) is 44.3 Å². The second-order valence-electron chi connectivity index (χ2n) is 4.55. The van der Waals surface area contributed by atoms with Crippen LogP contribution >= 0.6 is 0 Å². The van der Waals surface area contributed by atoms with Gasteiger partial charge in [0.05, 0.1) is 0 Å². The van der Waals surface area contributed by atoms with Crippen LogP contribution in [0.15, 0.2) is 24.4 Å². The van der Waals surface area contributed by atoms with Crippen LogP contribution < -0.4 is 0 Å². The summed E-state index contributed by atoms with van der Waals surface area (Å²) >= 11 is 0. The van der Waals surface area contributed by atoms with Crippen LogP contribution in [0.25, 0.3) is 0 Å². The molecule has 1 aliphatic carbocycles. The van der Waals surface area contributed by atoms with Gasteiger partial charge in [-0.25, -0.2) is 0 Å². The molecule has 1 nitrogen and oxygen atoms in total. The quantitative estimate of drug-likeness (QED) is 0.595. The Morgan fingerprint density at radius 2 is 2.08 bits per heavy atom. The summed E-state index contributed by atoms with van der Waals surface area (Å²) in [6.45, 7) is 5.08. The average Bonchev–Trinajstić information content (AvgIpc) is 2.44. The maximum atomic E-state index is 3.86. The van der Waals surface area contributed by atoms with E-state index in [2.05, 4.69) is 24.6 Å². The predicted octanol–water partition coefficient (Wildman–Crippen LogP) is 2.95. The third-order valence-electron chi connectivity index (χ3n) is 3.51. The van der Waals surface area contributed by atoms with Crippen molar-refractivity contribution in [2.75, 3.05) is 13.6 Å². The molecule has 0 aromatic rings. The van der Waals surface area contributed by atoms with Crippen LogP contribution in [0.1, 0.15) is 32.1 Å². The molecule has 0 atom stereocenters. The first-order chi connectivity index (χ1) is 6.26. The SMILES string of the molecule is C=CC1=CC2(CCCCC2)CN1C. The van der Waals surface area contributed by atoms with Crippen molar-refractivity contribution in [3.05, 3.63) is 24.4 Å². The topological polar surface area (TPSA) is 3.24 Å². The maximum Gasteiger partial charge on any atom is 0.0323 e. The highest BCUT2D eigenvalue weighted by molar-refractivity contribution is 5.25. The van der Waals surface area contributed by atoms with Crippen LogP contribution in [0.3, 0.4) is 0 Å². The molecule has 72 valence electrons. The van der Waals surface area contributed by atoms with Gasteiger partial charge in [0, 0.05) is 24.7 Å². The first-order valence-electron chi connectivity index (χ1n) is 5.32. The summed E-state index contributed by atoms with van der Waals surface area (Å²) in [7, 11) is 2.18. The molecule has 1 fully saturated rings. The van der Waals surface area contributed by atoms with Crippen molar-refractivity contribution in [3.8, 4) is 0 Å². The van der Waals surface area contributed by atoms with E-state index in [1.54, 1.807) is 0 Å². The monoisotopic (exact) mass is 177 g/mol. The summed E-state index contributed by atoms with van der Waals surface area (Å²) < 4.78 is 0. The van der Waals surface area contributed by atoms with E-state index in [9.17, 15) is 0 Å². The summed E-state index contributed by atoms with van der Waals surface area (Å²) in [5, 5.41) is 0. The lowest BCUT2D eigenvalue weighted by atomic mass is 9.75. The van der Waals surface area contributed by atoms with Gasteiger partial charge in [0.2, 0.25) is 0 Å². The molecule has 0 amide bonds. The highest BCUT2D eigenvalue weighted by atomic mass is 15.1. The van der Waals surface area contributed by atoms with Gasteiger partial charge in [0.25, 0.3) is 0 Å². The summed E-state index contributed by atoms with van der Waals surface area (Å²) in [5.74, 6) is 0. The Kier molecular flexibility index (Phi) is 2.19. The Bertz CT molecular complexity index is 234. The highest BCUT2D eigenvalue weighted by Gasteiger charge is 2.35. The lowest BCUT2D eigenvalue weighted by molar-refractivity contribution is 0.225. The summed E-state index contributed by atoms with van der Waals surface area (Å²) in [6, 6.07) is 0. The molecule has 0 aromatic carbocycles. The smallest absolute Gasteiger partial charge is 0.0323 e. The van der Waals surface area contributed by atoms with Crippen LogP contribution in [-0.4, -0.2) is 18.5 Å². The molecule has 0 radical (unpaired) electrons. The Labute approximate surface area is 81.1 Å². The molecule has 2 aliphatic rings. The molecule has 13 heavy (non-hydrogen) atoms. The Morgan fingerprint density at radius 3 is 2.62 bits per heavy atom. The van der Waals surface area contributed by atoms with Crippen LogP contribution in [0, 0.1) is 5.41 Å². The molecule has 2 rings (SSSR count). The molecule has 1 heterocycles. The molecular formula is C12H19N. The molecule has 1 heteroatoms. The molecule has 1 saturated carbocycles. The van der Waals surface area contributed by atoms with Crippen LogP contribution in [0.2, 0.25) is 0 Å². The second kappa shape index (κ2) is 3.21. The normalized spacial score (nSPS) is 26.2. The fourth-order valence-electron chi connectivity index (χ4n) is 2.81. The van der Waals surface area contributed by atoms with E-state index in [4.69, 9.17) is 0 Å². The Hall–Kier alpha value is -0.720. The third kappa shape index (κ3) is 1.52. The van der Waals surface area contributed by atoms with Crippen LogP contribution in [0.4, 0.5) is 0 Å². The molecule has 0 saturated heterocycles. The van der Waals surface area contributed by atoms with Gasteiger partial charge in [-0.2, -0.15) is 0 Å².